The lowest BCUT2D eigenvalue weighted by Crippen LogP contribution is -2.40. The Hall–Kier alpha value is -1.65. The van der Waals surface area contributed by atoms with Gasteiger partial charge in [-0.25, -0.2) is 13.6 Å². The molecular formula is C14H16F2N2O. The molecule has 0 heterocycles. The van der Waals surface area contributed by atoms with Crippen molar-refractivity contribution >= 4 is 11.7 Å². The highest BCUT2D eigenvalue weighted by Crippen LogP contribution is 2.44. The molecule has 5 heteroatoms. The van der Waals surface area contributed by atoms with E-state index >= 15 is 0 Å². The van der Waals surface area contributed by atoms with Crippen molar-refractivity contribution in [3.63, 3.8) is 0 Å². The smallest absolute Gasteiger partial charge is 0.319 e. The number of anilines is 1. The fourth-order valence-corrected chi connectivity index (χ4v) is 2.44. The first-order valence-corrected chi connectivity index (χ1v) is 6.66. The van der Waals surface area contributed by atoms with Crippen LogP contribution in [0.4, 0.5) is 19.3 Å². The Balaban J connectivity index is 1.62. The van der Waals surface area contributed by atoms with E-state index in [4.69, 9.17) is 0 Å². The molecule has 1 aromatic rings. The topological polar surface area (TPSA) is 41.1 Å². The number of rotatable bonds is 4. The van der Waals surface area contributed by atoms with Gasteiger partial charge in [-0.2, -0.15) is 0 Å². The van der Waals surface area contributed by atoms with Crippen LogP contribution in [0.15, 0.2) is 18.2 Å². The van der Waals surface area contributed by atoms with Gasteiger partial charge < -0.3 is 10.6 Å². The van der Waals surface area contributed by atoms with Gasteiger partial charge in [-0.15, -0.1) is 0 Å². The molecule has 0 aliphatic heterocycles. The molecule has 3 rings (SSSR count). The Bertz CT molecular complexity index is 486. The fourth-order valence-electron chi connectivity index (χ4n) is 2.44. The van der Waals surface area contributed by atoms with E-state index in [0.717, 1.165) is 31.7 Å². The van der Waals surface area contributed by atoms with Crippen LogP contribution in [0.25, 0.3) is 0 Å². The third-order valence-electron chi connectivity index (χ3n) is 3.76. The van der Waals surface area contributed by atoms with E-state index in [1.54, 1.807) is 0 Å². The van der Waals surface area contributed by atoms with Crippen molar-refractivity contribution in [2.24, 2.45) is 11.8 Å². The van der Waals surface area contributed by atoms with Gasteiger partial charge in [0.2, 0.25) is 0 Å². The van der Waals surface area contributed by atoms with E-state index in [-0.39, 0.29) is 11.7 Å². The van der Waals surface area contributed by atoms with Crippen molar-refractivity contribution in [3.05, 3.63) is 29.8 Å². The Kier molecular flexibility index (Phi) is 3.12. The monoisotopic (exact) mass is 266 g/mol. The number of amides is 2. The second-order valence-electron chi connectivity index (χ2n) is 5.40. The van der Waals surface area contributed by atoms with Crippen LogP contribution in [-0.4, -0.2) is 12.1 Å². The van der Waals surface area contributed by atoms with Crippen LogP contribution in [0, 0.1) is 23.5 Å². The number of benzene rings is 1. The molecule has 2 aliphatic carbocycles. The molecule has 0 radical (unpaired) electrons. The van der Waals surface area contributed by atoms with E-state index < -0.39 is 17.7 Å². The summed E-state index contributed by atoms with van der Waals surface area (Å²) in [6, 6.07) is 3.48. The van der Waals surface area contributed by atoms with Crippen molar-refractivity contribution in [1.29, 1.82) is 0 Å². The predicted octanol–water partition coefficient (Wildman–Crippen LogP) is 3.27. The SMILES string of the molecule is O=C(Nc1cccc(F)c1F)NC(C1CC1)C1CC1. The van der Waals surface area contributed by atoms with Crippen LogP contribution in [0.5, 0.6) is 0 Å². The van der Waals surface area contributed by atoms with Gasteiger partial charge in [0, 0.05) is 6.04 Å². The number of urea groups is 1. The quantitative estimate of drug-likeness (QED) is 0.862. The third-order valence-corrected chi connectivity index (χ3v) is 3.76. The van der Waals surface area contributed by atoms with E-state index in [9.17, 15) is 13.6 Å². The van der Waals surface area contributed by atoms with Gasteiger partial charge in [0.1, 0.15) is 0 Å². The molecule has 0 unspecified atom stereocenters. The minimum Gasteiger partial charge on any atom is -0.335 e. The van der Waals surface area contributed by atoms with Crippen LogP contribution >= 0.6 is 0 Å². The van der Waals surface area contributed by atoms with Crippen LogP contribution in [-0.2, 0) is 0 Å². The van der Waals surface area contributed by atoms with Gasteiger partial charge in [0.15, 0.2) is 11.6 Å². The molecule has 0 bridgehead atoms. The summed E-state index contributed by atoms with van der Waals surface area (Å²) in [6.45, 7) is 0. The van der Waals surface area contributed by atoms with E-state index in [0.29, 0.717) is 11.8 Å². The molecule has 2 saturated carbocycles. The maximum Gasteiger partial charge on any atom is 0.319 e. The Morgan fingerprint density at radius 2 is 1.79 bits per heavy atom. The van der Waals surface area contributed by atoms with Crippen LogP contribution in [0.1, 0.15) is 25.7 Å². The first-order chi connectivity index (χ1) is 9.15. The third kappa shape index (κ3) is 2.85. The number of halogens is 2. The molecule has 102 valence electrons. The van der Waals surface area contributed by atoms with Crippen molar-refractivity contribution in [3.8, 4) is 0 Å². The molecular weight excluding hydrogens is 250 g/mol. The normalized spacial score (nSPS) is 18.5. The number of carbonyl (C=O) groups is 1. The number of hydrogen-bond acceptors (Lipinski definition) is 1. The average molecular weight is 266 g/mol. The standard InChI is InChI=1S/C14H16F2N2O/c15-10-2-1-3-11(12(10)16)17-14(19)18-13(8-4-5-8)9-6-7-9/h1-3,8-9,13H,4-7H2,(H2,17,18,19). The zero-order valence-electron chi connectivity index (χ0n) is 10.5. The van der Waals surface area contributed by atoms with Crippen LogP contribution in [0.2, 0.25) is 0 Å². The lowest BCUT2D eigenvalue weighted by Gasteiger charge is -2.18. The predicted molar refractivity (Wildman–Crippen MR) is 67.7 cm³/mol. The maximum absolute atomic E-state index is 13.4. The summed E-state index contributed by atoms with van der Waals surface area (Å²) in [6.07, 6.45) is 4.59. The number of carbonyl (C=O) groups excluding carboxylic acids is 1. The molecule has 2 aliphatic rings. The Morgan fingerprint density at radius 1 is 1.16 bits per heavy atom. The van der Waals surface area contributed by atoms with Crippen LogP contribution < -0.4 is 10.6 Å². The van der Waals surface area contributed by atoms with E-state index in [1.165, 1.54) is 12.1 Å². The van der Waals surface area contributed by atoms with Gasteiger partial charge in [-0.1, -0.05) is 6.07 Å². The molecule has 2 N–H and O–H groups in total. The molecule has 0 aromatic heterocycles. The minimum atomic E-state index is -1.02. The van der Waals surface area contributed by atoms with Crippen LogP contribution in [0.3, 0.4) is 0 Å². The maximum atomic E-state index is 13.4. The van der Waals surface area contributed by atoms with Gasteiger partial charge >= 0.3 is 6.03 Å². The highest BCUT2D eigenvalue weighted by Gasteiger charge is 2.42. The molecule has 19 heavy (non-hydrogen) atoms. The highest BCUT2D eigenvalue weighted by atomic mass is 19.2. The first-order valence-electron chi connectivity index (χ1n) is 6.66. The van der Waals surface area contributed by atoms with Gasteiger partial charge in [-0.05, 0) is 49.7 Å². The van der Waals surface area contributed by atoms with Gasteiger partial charge in [-0.3, -0.25) is 0 Å². The largest absolute Gasteiger partial charge is 0.335 e. The van der Waals surface area contributed by atoms with E-state index in [1.807, 2.05) is 0 Å². The minimum absolute atomic E-state index is 0.122. The lowest BCUT2D eigenvalue weighted by molar-refractivity contribution is 0.244. The summed E-state index contributed by atoms with van der Waals surface area (Å²) in [5, 5.41) is 5.28. The summed E-state index contributed by atoms with van der Waals surface area (Å²) < 4.78 is 26.4. The average Bonchev–Trinajstić information content (AvgIpc) is 3.26. The summed E-state index contributed by atoms with van der Waals surface area (Å²) >= 11 is 0. The summed E-state index contributed by atoms with van der Waals surface area (Å²) in [5.74, 6) is -0.850. The number of nitrogens with one attached hydrogen (secondary N) is 2. The Morgan fingerprint density at radius 3 is 2.37 bits per heavy atom. The first kappa shape index (κ1) is 12.4. The molecule has 2 fully saturated rings. The van der Waals surface area contributed by atoms with Crippen molar-refractivity contribution < 1.29 is 13.6 Å². The fraction of sp³-hybridized carbons (Fsp3) is 0.500. The number of hydrogen-bond donors (Lipinski definition) is 2. The molecule has 1 aromatic carbocycles. The zero-order chi connectivity index (χ0) is 13.4. The van der Waals surface area contributed by atoms with E-state index in [2.05, 4.69) is 10.6 Å². The van der Waals surface area contributed by atoms with Crippen molar-refractivity contribution in [2.45, 2.75) is 31.7 Å². The van der Waals surface area contributed by atoms with Gasteiger partial charge in [0.25, 0.3) is 0 Å². The Labute approximate surface area is 110 Å². The highest BCUT2D eigenvalue weighted by molar-refractivity contribution is 5.89. The van der Waals surface area contributed by atoms with Crippen molar-refractivity contribution in [1.82, 2.24) is 5.32 Å². The lowest BCUT2D eigenvalue weighted by atomic mass is 10.1. The molecule has 0 atom stereocenters. The second kappa shape index (κ2) is 4.79. The summed E-state index contributed by atoms with van der Waals surface area (Å²) in [4.78, 5) is 11.8. The molecule has 2 amide bonds. The molecule has 3 nitrogen and oxygen atoms in total. The molecule has 0 saturated heterocycles. The molecule has 0 spiro atoms. The summed E-state index contributed by atoms with van der Waals surface area (Å²) in [7, 11) is 0. The van der Waals surface area contributed by atoms with Crippen molar-refractivity contribution in [2.75, 3.05) is 5.32 Å². The summed E-state index contributed by atoms with van der Waals surface area (Å²) in [5.41, 5.74) is -0.122. The zero-order valence-corrected chi connectivity index (χ0v) is 10.5. The van der Waals surface area contributed by atoms with Gasteiger partial charge in [0.05, 0.1) is 5.69 Å². The second-order valence-corrected chi connectivity index (χ2v) is 5.40.